The minimum absolute atomic E-state index is 0.152. The van der Waals surface area contributed by atoms with Gasteiger partial charge in [-0.25, -0.2) is 0 Å². The van der Waals surface area contributed by atoms with E-state index in [1.165, 1.54) is 5.56 Å². The zero-order chi connectivity index (χ0) is 13.9. The molecular weight excluding hydrogens is 250 g/mol. The van der Waals surface area contributed by atoms with Crippen LogP contribution in [-0.4, -0.2) is 20.5 Å². The van der Waals surface area contributed by atoms with Gasteiger partial charge in [-0.1, -0.05) is 37.7 Å². The van der Waals surface area contributed by atoms with Gasteiger partial charge in [0.15, 0.2) is 0 Å². The van der Waals surface area contributed by atoms with Crippen LogP contribution in [0.4, 0.5) is 0 Å². The second-order valence-corrected chi connectivity index (χ2v) is 10.9. The molecule has 1 aliphatic heterocycles. The molecule has 0 aromatic heterocycles. The quantitative estimate of drug-likeness (QED) is 0.650. The highest BCUT2D eigenvalue weighted by Gasteiger charge is 2.23. The van der Waals surface area contributed by atoms with Gasteiger partial charge in [-0.2, -0.15) is 0 Å². The Morgan fingerprint density at radius 2 is 1.95 bits per heavy atom. The van der Waals surface area contributed by atoms with Crippen LogP contribution in [0.5, 0.6) is 0 Å². The van der Waals surface area contributed by atoms with Gasteiger partial charge in [0.25, 0.3) is 0 Å². The molecular formula is C16H21NOSi. The molecule has 1 amide bonds. The fraction of sp³-hybridized carbons (Fsp3) is 0.438. The van der Waals surface area contributed by atoms with Gasteiger partial charge in [-0.05, 0) is 30.5 Å². The molecule has 2 rings (SSSR count). The fourth-order valence-electron chi connectivity index (χ4n) is 2.11. The van der Waals surface area contributed by atoms with Gasteiger partial charge < -0.3 is 5.32 Å². The lowest BCUT2D eigenvalue weighted by Gasteiger charge is -2.07. The Morgan fingerprint density at radius 3 is 2.47 bits per heavy atom. The number of hydrogen-bond acceptors (Lipinski definition) is 1. The SMILES string of the molecule is C[Si](C)(C)C#Cc1ccc(CC2CCNC2=O)cc1. The monoisotopic (exact) mass is 271 g/mol. The Labute approximate surface area is 116 Å². The molecule has 1 fully saturated rings. The summed E-state index contributed by atoms with van der Waals surface area (Å²) < 4.78 is 0. The zero-order valence-electron chi connectivity index (χ0n) is 11.9. The van der Waals surface area contributed by atoms with E-state index >= 15 is 0 Å². The van der Waals surface area contributed by atoms with Gasteiger partial charge in [-0.15, -0.1) is 5.54 Å². The highest BCUT2D eigenvalue weighted by Crippen LogP contribution is 2.16. The van der Waals surface area contributed by atoms with Crippen LogP contribution in [0.2, 0.25) is 19.6 Å². The van der Waals surface area contributed by atoms with Gasteiger partial charge in [0.05, 0.1) is 0 Å². The first kappa shape index (κ1) is 13.9. The van der Waals surface area contributed by atoms with Crippen LogP contribution in [0.25, 0.3) is 0 Å². The molecule has 1 aromatic rings. The third-order valence-electron chi connectivity index (χ3n) is 3.18. The topological polar surface area (TPSA) is 29.1 Å². The Morgan fingerprint density at radius 1 is 1.26 bits per heavy atom. The van der Waals surface area contributed by atoms with Gasteiger partial charge in [-0.3, -0.25) is 4.79 Å². The summed E-state index contributed by atoms with van der Waals surface area (Å²) in [4.78, 5) is 11.5. The van der Waals surface area contributed by atoms with E-state index in [1.54, 1.807) is 0 Å². The first-order valence-electron chi connectivity index (χ1n) is 6.84. The van der Waals surface area contributed by atoms with E-state index in [0.717, 1.165) is 24.9 Å². The number of rotatable bonds is 2. The van der Waals surface area contributed by atoms with Crippen molar-refractivity contribution in [2.24, 2.45) is 5.92 Å². The molecule has 0 saturated carbocycles. The van der Waals surface area contributed by atoms with Crippen molar-refractivity contribution in [1.82, 2.24) is 5.32 Å². The van der Waals surface area contributed by atoms with Crippen LogP contribution in [0.1, 0.15) is 17.5 Å². The van der Waals surface area contributed by atoms with E-state index in [4.69, 9.17) is 0 Å². The minimum Gasteiger partial charge on any atom is -0.356 e. The van der Waals surface area contributed by atoms with E-state index < -0.39 is 8.07 Å². The zero-order valence-corrected chi connectivity index (χ0v) is 12.9. The lowest BCUT2D eigenvalue weighted by Crippen LogP contribution is -2.20. The van der Waals surface area contributed by atoms with E-state index in [9.17, 15) is 4.79 Å². The molecule has 1 heterocycles. The van der Waals surface area contributed by atoms with Crippen molar-refractivity contribution in [3.8, 4) is 11.5 Å². The molecule has 3 heteroatoms. The van der Waals surface area contributed by atoms with Crippen LogP contribution >= 0.6 is 0 Å². The maximum atomic E-state index is 11.5. The maximum Gasteiger partial charge on any atom is 0.223 e. The number of carbonyl (C=O) groups excluding carboxylic acids is 1. The Bertz CT molecular complexity index is 516. The molecule has 1 aromatic carbocycles. The van der Waals surface area contributed by atoms with Crippen LogP contribution in [0.3, 0.4) is 0 Å². The normalized spacial score (nSPS) is 18.7. The molecule has 0 spiro atoms. The van der Waals surface area contributed by atoms with Crippen LogP contribution in [0, 0.1) is 17.4 Å². The fourth-order valence-corrected chi connectivity index (χ4v) is 2.63. The van der Waals surface area contributed by atoms with Crippen LogP contribution in [-0.2, 0) is 11.2 Å². The summed E-state index contributed by atoms with van der Waals surface area (Å²) in [6, 6.07) is 8.32. The number of hydrogen-bond donors (Lipinski definition) is 1. The smallest absolute Gasteiger partial charge is 0.223 e. The second kappa shape index (κ2) is 5.62. The summed E-state index contributed by atoms with van der Waals surface area (Å²) in [6.07, 6.45) is 1.80. The summed E-state index contributed by atoms with van der Waals surface area (Å²) in [5.41, 5.74) is 5.66. The summed E-state index contributed by atoms with van der Waals surface area (Å²) >= 11 is 0. The van der Waals surface area contributed by atoms with E-state index in [1.807, 2.05) is 0 Å². The highest BCUT2D eigenvalue weighted by molar-refractivity contribution is 6.83. The molecule has 1 saturated heterocycles. The molecule has 100 valence electrons. The predicted octanol–water partition coefficient (Wildman–Crippen LogP) is 2.59. The lowest BCUT2D eigenvalue weighted by molar-refractivity contribution is -0.122. The van der Waals surface area contributed by atoms with Crippen molar-refractivity contribution in [2.45, 2.75) is 32.5 Å². The summed E-state index contributed by atoms with van der Waals surface area (Å²) in [5.74, 6) is 3.60. The third-order valence-corrected chi connectivity index (χ3v) is 4.06. The molecule has 1 N–H and O–H groups in total. The van der Waals surface area contributed by atoms with Crippen molar-refractivity contribution < 1.29 is 4.79 Å². The average molecular weight is 271 g/mol. The van der Waals surface area contributed by atoms with Crippen molar-refractivity contribution in [2.75, 3.05) is 6.54 Å². The molecule has 0 bridgehead atoms. The summed E-state index contributed by atoms with van der Waals surface area (Å²) in [6.45, 7) is 7.55. The van der Waals surface area contributed by atoms with E-state index in [2.05, 4.69) is 60.7 Å². The van der Waals surface area contributed by atoms with E-state index in [0.29, 0.717) is 0 Å². The third kappa shape index (κ3) is 4.25. The molecule has 2 nitrogen and oxygen atoms in total. The van der Waals surface area contributed by atoms with Crippen LogP contribution < -0.4 is 5.32 Å². The predicted molar refractivity (Wildman–Crippen MR) is 81.5 cm³/mol. The molecule has 1 unspecified atom stereocenters. The molecule has 1 aliphatic rings. The Hall–Kier alpha value is -1.53. The number of amides is 1. The number of carbonyl (C=O) groups is 1. The first-order valence-corrected chi connectivity index (χ1v) is 10.3. The maximum absolute atomic E-state index is 11.5. The molecule has 0 aliphatic carbocycles. The molecule has 0 radical (unpaired) electrons. The second-order valence-electron chi connectivity index (χ2n) is 6.18. The average Bonchev–Trinajstić information content (AvgIpc) is 2.73. The number of nitrogens with one attached hydrogen (secondary N) is 1. The van der Waals surface area contributed by atoms with Gasteiger partial charge in [0, 0.05) is 18.0 Å². The van der Waals surface area contributed by atoms with Crippen molar-refractivity contribution in [3.63, 3.8) is 0 Å². The van der Waals surface area contributed by atoms with Gasteiger partial charge in [0.1, 0.15) is 8.07 Å². The van der Waals surface area contributed by atoms with Crippen molar-refractivity contribution in [1.29, 1.82) is 0 Å². The van der Waals surface area contributed by atoms with Crippen molar-refractivity contribution >= 4 is 14.0 Å². The highest BCUT2D eigenvalue weighted by atomic mass is 28.3. The van der Waals surface area contributed by atoms with Gasteiger partial charge >= 0.3 is 0 Å². The first-order chi connectivity index (χ1) is 8.94. The molecule has 1 atom stereocenters. The Balaban J connectivity index is 2.02. The lowest BCUT2D eigenvalue weighted by atomic mass is 9.97. The Kier molecular flexibility index (Phi) is 4.11. The van der Waals surface area contributed by atoms with Gasteiger partial charge in [0.2, 0.25) is 5.91 Å². The van der Waals surface area contributed by atoms with Crippen LogP contribution in [0.15, 0.2) is 24.3 Å². The number of benzene rings is 1. The summed E-state index contributed by atoms with van der Waals surface area (Å²) in [5, 5.41) is 2.88. The molecule has 19 heavy (non-hydrogen) atoms. The minimum atomic E-state index is -1.31. The van der Waals surface area contributed by atoms with E-state index in [-0.39, 0.29) is 11.8 Å². The summed E-state index contributed by atoms with van der Waals surface area (Å²) in [7, 11) is -1.31. The largest absolute Gasteiger partial charge is 0.356 e. The standard InChI is InChI=1S/C16H21NOSi/c1-19(2,3)11-9-13-4-6-14(7-5-13)12-15-8-10-17-16(15)18/h4-7,15H,8,10,12H2,1-3H3,(H,17,18). The van der Waals surface area contributed by atoms with Crippen molar-refractivity contribution in [3.05, 3.63) is 35.4 Å².